The number of nitrogens with zero attached hydrogens (tertiary/aromatic N) is 4. The largest absolute Gasteiger partial charge is 0.444 e. The van der Waals surface area contributed by atoms with Gasteiger partial charge in [-0.05, 0) is 51.1 Å². The van der Waals surface area contributed by atoms with Gasteiger partial charge in [-0.25, -0.2) is 9.78 Å². The predicted octanol–water partition coefficient (Wildman–Crippen LogP) is 3.64. The third-order valence-electron chi connectivity index (χ3n) is 5.43. The van der Waals surface area contributed by atoms with Crippen LogP contribution in [-0.4, -0.2) is 63.1 Å². The molecule has 0 aliphatic carbocycles. The Morgan fingerprint density at radius 1 is 1.00 bits per heavy atom. The smallest absolute Gasteiger partial charge is 0.410 e. The Balaban J connectivity index is 1.45. The Hall–Kier alpha value is -3.75. The number of ether oxygens (including phenoxy) is 2. The van der Waals surface area contributed by atoms with E-state index in [-0.39, 0.29) is 12.0 Å². The molecule has 2 aromatic heterocycles. The number of aryl methyl sites for hydroxylation is 1. The number of rotatable bonds is 3. The van der Waals surface area contributed by atoms with Crippen molar-refractivity contribution in [3.05, 3.63) is 48.3 Å². The maximum absolute atomic E-state index is 13.2. The molecule has 3 aromatic rings. The zero-order valence-corrected chi connectivity index (χ0v) is 19.4. The lowest BCUT2D eigenvalue weighted by molar-refractivity contribution is 0.0139. The van der Waals surface area contributed by atoms with E-state index in [1.165, 1.54) is 6.20 Å². The van der Waals surface area contributed by atoms with Crippen molar-refractivity contribution in [2.45, 2.75) is 26.4 Å². The van der Waals surface area contributed by atoms with E-state index in [1.54, 1.807) is 21.9 Å². The maximum atomic E-state index is 13.2. The van der Waals surface area contributed by atoms with Gasteiger partial charge in [-0.2, -0.15) is 0 Å². The Bertz CT molecular complexity index is 1170. The molecule has 33 heavy (non-hydrogen) atoms. The summed E-state index contributed by atoms with van der Waals surface area (Å²) in [5, 5.41) is 0.890. The molecule has 0 radical (unpaired) electrons. The van der Waals surface area contributed by atoms with Crippen LogP contribution in [0.3, 0.4) is 0 Å². The van der Waals surface area contributed by atoms with E-state index < -0.39 is 5.60 Å². The highest BCUT2D eigenvalue weighted by atomic mass is 16.6. The summed E-state index contributed by atoms with van der Waals surface area (Å²) in [4.78, 5) is 33.1. The van der Waals surface area contributed by atoms with Crippen molar-refractivity contribution in [1.29, 1.82) is 0 Å². The standard InChI is InChI=1S/C24H29N5O4/c1-24(2,3)33-23(31)29-11-9-28(10-12-29)22(30)20-14-16-13-18(6-7-19(16)27(20)4)32-21-8-5-17(25)15-26-21/h5-8,13-15H,9-12,25H2,1-4H3. The second-order valence-corrected chi connectivity index (χ2v) is 9.10. The number of hydrogen-bond acceptors (Lipinski definition) is 6. The summed E-state index contributed by atoms with van der Waals surface area (Å²) in [6.45, 7) is 7.32. The Labute approximate surface area is 192 Å². The van der Waals surface area contributed by atoms with Crippen LogP contribution < -0.4 is 10.5 Å². The molecule has 0 unspecified atom stereocenters. The maximum Gasteiger partial charge on any atom is 0.410 e. The molecule has 1 fully saturated rings. The molecular formula is C24H29N5O4. The number of hydrogen-bond donors (Lipinski definition) is 1. The molecule has 1 saturated heterocycles. The zero-order valence-electron chi connectivity index (χ0n) is 19.4. The minimum atomic E-state index is -0.542. The number of fused-ring (bicyclic) bond motifs is 1. The molecule has 1 aliphatic rings. The van der Waals surface area contributed by atoms with Crippen LogP contribution >= 0.6 is 0 Å². The highest BCUT2D eigenvalue weighted by molar-refractivity contribution is 5.99. The highest BCUT2D eigenvalue weighted by Crippen LogP contribution is 2.27. The van der Waals surface area contributed by atoms with E-state index in [2.05, 4.69) is 4.98 Å². The van der Waals surface area contributed by atoms with Crippen LogP contribution in [0.4, 0.5) is 10.5 Å². The molecule has 0 saturated carbocycles. The van der Waals surface area contributed by atoms with Crippen LogP contribution in [0.15, 0.2) is 42.6 Å². The van der Waals surface area contributed by atoms with E-state index in [1.807, 2.05) is 56.7 Å². The number of aromatic nitrogens is 2. The SMILES string of the molecule is Cn1c(C(=O)N2CCN(C(=O)OC(C)(C)C)CC2)cc2cc(Oc3ccc(N)cn3)ccc21. The van der Waals surface area contributed by atoms with Crippen LogP contribution in [0.1, 0.15) is 31.3 Å². The second kappa shape index (κ2) is 8.65. The third-order valence-corrected chi connectivity index (χ3v) is 5.43. The third kappa shape index (κ3) is 5.02. The minimum Gasteiger partial charge on any atom is -0.444 e. The minimum absolute atomic E-state index is 0.0693. The summed E-state index contributed by atoms with van der Waals surface area (Å²) in [6.07, 6.45) is 1.19. The van der Waals surface area contributed by atoms with Gasteiger partial charge in [0, 0.05) is 50.2 Å². The topological polar surface area (TPSA) is 103 Å². The van der Waals surface area contributed by atoms with E-state index in [9.17, 15) is 9.59 Å². The first-order valence-electron chi connectivity index (χ1n) is 10.9. The average molecular weight is 452 g/mol. The summed E-state index contributed by atoms with van der Waals surface area (Å²) < 4.78 is 13.1. The van der Waals surface area contributed by atoms with Gasteiger partial charge >= 0.3 is 6.09 Å². The van der Waals surface area contributed by atoms with Crippen molar-refractivity contribution >= 4 is 28.6 Å². The normalized spacial score (nSPS) is 14.4. The monoisotopic (exact) mass is 451 g/mol. The molecule has 1 aromatic carbocycles. The molecule has 0 bridgehead atoms. The summed E-state index contributed by atoms with van der Waals surface area (Å²) in [6, 6.07) is 10.9. The fourth-order valence-corrected chi connectivity index (χ4v) is 3.75. The summed E-state index contributed by atoms with van der Waals surface area (Å²) in [7, 11) is 1.87. The molecule has 1 aliphatic heterocycles. The number of carbonyl (C=O) groups excluding carboxylic acids is 2. The van der Waals surface area contributed by atoms with E-state index in [0.717, 1.165) is 10.9 Å². The lowest BCUT2D eigenvalue weighted by Crippen LogP contribution is -2.51. The first-order chi connectivity index (χ1) is 15.6. The van der Waals surface area contributed by atoms with Gasteiger partial charge in [-0.15, -0.1) is 0 Å². The van der Waals surface area contributed by atoms with Crippen molar-refractivity contribution in [3.8, 4) is 11.6 Å². The molecule has 2 amide bonds. The molecule has 0 spiro atoms. The fourth-order valence-electron chi connectivity index (χ4n) is 3.75. The van der Waals surface area contributed by atoms with Crippen LogP contribution in [0.25, 0.3) is 10.9 Å². The van der Waals surface area contributed by atoms with Gasteiger partial charge in [0.15, 0.2) is 0 Å². The molecular weight excluding hydrogens is 422 g/mol. The molecule has 174 valence electrons. The lowest BCUT2D eigenvalue weighted by Gasteiger charge is -2.35. The van der Waals surface area contributed by atoms with E-state index in [4.69, 9.17) is 15.2 Å². The average Bonchev–Trinajstić information content (AvgIpc) is 3.09. The second-order valence-electron chi connectivity index (χ2n) is 9.10. The Morgan fingerprint density at radius 2 is 1.70 bits per heavy atom. The Kier molecular flexibility index (Phi) is 5.88. The van der Waals surface area contributed by atoms with Crippen molar-refractivity contribution in [2.24, 2.45) is 7.05 Å². The highest BCUT2D eigenvalue weighted by Gasteiger charge is 2.29. The summed E-state index contributed by atoms with van der Waals surface area (Å²) in [5.41, 5.74) is 7.19. The van der Waals surface area contributed by atoms with Gasteiger partial charge in [-0.3, -0.25) is 4.79 Å². The number of nitrogen functional groups attached to an aromatic ring is 1. The molecule has 9 heteroatoms. The van der Waals surface area contributed by atoms with Gasteiger partial charge in [0.1, 0.15) is 17.0 Å². The van der Waals surface area contributed by atoms with E-state index in [0.29, 0.717) is 49.2 Å². The molecule has 9 nitrogen and oxygen atoms in total. The zero-order chi connectivity index (χ0) is 23.8. The molecule has 0 atom stereocenters. The van der Waals surface area contributed by atoms with Crippen molar-refractivity contribution in [3.63, 3.8) is 0 Å². The quantitative estimate of drug-likeness (QED) is 0.652. The number of carbonyl (C=O) groups is 2. The Morgan fingerprint density at radius 3 is 2.33 bits per heavy atom. The van der Waals surface area contributed by atoms with Crippen LogP contribution in [0, 0.1) is 0 Å². The number of amides is 2. The van der Waals surface area contributed by atoms with Gasteiger partial charge in [-0.1, -0.05) is 0 Å². The van der Waals surface area contributed by atoms with E-state index >= 15 is 0 Å². The van der Waals surface area contributed by atoms with Gasteiger partial charge in [0.2, 0.25) is 5.88 Å². The van der Waals surface area contributed by atoms with Gasteiger partial charge in [0.25, 0.3) is 5.91 Å². The first kappa shape index (κ1) is 22.4. The predicted molar refractivity (Wildman–Crippen MR) is 125 cm³/mol. The lowest BCUT2D eigenvalue weighted by atomic mass is 10.2. The number of piperazine rings is 1. The van der Waals surface area contributed by atoms with Gasteiger partial charge in [0.05, 0.1) is 11.9 Å². The van der Waals surface area contributed by atoms with Crippen LogP contribution in [0.5, 0.6) is 11.6 Å². The number of nitrogens with two attached hydrogens (primary N) is 1. The number of pyridine rings is 1. The van der Waals surface area contributed by atoms with Crippen LogP contribution in [-0.2, 0) is 11.8 Å². The van der Waals surface area contributed by atoms with Crippen molar-refractivity contribution in [1.82, 2.24) is 19.4 Å². The van der Waals surface area contributed by atoms with Crippen LogP contribution in [0.2, 0.25) is 0 Å². The molecule has 4 rings (SSSR count). The van der Waals surface area contributed by atoms with Gasteiger partial charge < -0.3 is 29.6 Å². The number of benzene rings is 1. The fraction of sp³-hybridized carbons (Fsp3) is 0.375. The first-order valence-corrected chi connectivity index (χ1v) is 10.9. The van der Waals surface area contributed by atoms with Crippen molar-refractivity contribution < 1.29 is 19.1 Å². The summed E-state index contributed by atoms with van der Waals surface area (Å²) >= 11 is 0. The number of anilines is 1. The van der Waals surface area contributed by atoms with Crippen molar-refractivity contribution in [2.75, 3.05) is 31.9 Å². The molecule has 2 N–H and O–H groups in total. The summed E-state index contributed by atoms with van der Waals surface area (Å²) in [5.74, 6) is 0.995. The molecule has 3 heterocycles.